The summed E-state index contributed by atoms with van der Waals surface area (Å²) in [5.41, 5.74) is 8.28. The van der Waals surface area contributed by atoms with Gasteiger partial charge >= 0.3 is 5.97 Å². The molecule has 7 aromatic rings. The van der Waals surface area contributed by atoms with Gasteiger partial charge in [-0.1, -0.05) is 54.7 Å². The molecule has 17 heteroatoms. The molecule has 2 saturated heterocycles. The van der Waals surface area contributed by atoms with E-state index in [1.54, 1.807) is 0 Å². The number of anilines is 3. The van der Waals surface area contributed by atoms with Gasteiger partial charge < -0.3 is 24.0 Å². The van der Waals surface area contributed by atoms with Gasteiger partial charge in [-0.2, -0.15) is 5.10 Å². The number of piperazine rings is 1. The first-order valence-electron chi connectivity index (χ1n) is 27.5. The van der Waals surface area contributed by atoms with E-state index in [2.05, 4.69) is 61.5 Å². The van der Waals surface area contributed by atoms with Crippen molar-refractivity contribution in [2.75, 3.05) is 61.0 Å². The molecule has 0 spiro atoms. The number of benzene rings is 4. The van der Waals surface area contributed by atoms with E-state index in [0.717, 1.165) is 119 Å². The van der Waals surface area contributed by atoms with Gasteiger partial charge in [-0.3, -0.25) is 34.6 Å². The van der Waals surface area contributed by atoms with Gasteiger partial charge in [0.2, 0.25) is 11.8 Å². The number of esters is 1. The Labute approximate surface area is 459 Å². The number of ether oxygens (including phenoxy) is 3. The average molecular weight is 1070 g/mol. The van der Waals surface area contributed by atoms with Gasteiger partial charge in [-0.05, 0) is 149 Å². The molecule has 0 radical (unpaired) electrons. The van der Waals surface area contributed by atoms with Gasteiger partial charge in [0, 0.05) is 81.5 Å². The van der Waals surface area contributed by atoms with Gasteiger partial charge in [-0.25, -0.2) is 14.8 Å². The van der Waals surface area contributed by atoms with E-state index in [1.807, 2.05) is 106 Å². The third kappa shape index (κ3) is 11.5. The lowest BCUT2D eigenvalue weighted by Crippen LogP contribution is -2.48. The Morgan fingerprint density at radius 2 is 1.62 bits per heavy atom. The first kappa shape index (κ1) is 52.8. The quantitative estimate of drug-likeness (QED) is 0.0779. The number of carbonyl (C=O) groups excluding carboxylic acids is 4. The number of nitrogens with one attached hydrogen (secondary N) is 2. The summed E-state index contributed by atoms with van der Waals surface area (Å²) in [5.74, 6) is 0.185. The number of hydrogen-bond donors (Lipinski definition) is 2. The number of para-hydroxylation sites is 1. The number of nitrogens with zero attached hydrogens (tertiary/aromatic N) is 7. The molecule has 406 valence electrons. The summed E-state index contributed by atoms with van der Waals surface area (Å²) in [5, 5.41) is 11.8. The fraction of sp³-hybridized carbons (Fsp3) is 0.426. The summed E-state index contributed by atoms with van der Waals surface area (Å²) in [6.45, 7) is 16.5. The van der Waals surface area contributed by atoms with E-state index >= 15 is 0 Å². The van der Waals surface area contributed by atoms with Crippen LogP contribution in [0.1, 0.15) is 115 Å². The molecule has 1 saturated carbocycles. The number of pyridine rings is 1. The number of aryl methyl sites for hydroxylation is 1. The Hall–Kier alpha value is -7.21. The molecule has 11 rings (SSSR count). The van der Waals surface area contributed by atoms with Gasteiger partial charge in [0.15, 0.2) is 10.8 Å². The van der Waals surface area contributed by atoms with Gasteiger partial charge in [0.1, 0.15) is 17.2 Å². The number of aromatic nitrogens is 4. The predicted octanol–water partition coefficient (Wildman–Crippen LogP) is 10.0. The molecule has 4 aliphatic rings. The SMILES string of the molecule is Cc1c(OC2CCC(OC[C@H](C)CN3CCN(c4ccc5c(C6CCC(=O)NC6=O)nn(C)c5c4)CC3)CC2)cccc1-c1ccc(N2CCc3cccc(C(=O)Nc4nc5ccccc5s4)c3C2)nc1C(=O)OC(C)(C)C. The number of imide groups is 1. The number of amides is 3. The van der Waals surface area contributed by atoms with Crippen molar-refractivity contribution in [3.05, 3.63) is 125 Å². The van der Waals surface area contributed by atoms with Crippen LogP contribution in [0.5, 0.6) is 5.75 Å². The Balaban J connectivity index is 0.684. The molecule has 3 aliphatic heterocycles. The lowest BCUT2D eigenvalue weighted by atomic mass is 9.93. The van der Waals surface area contributed by atoms with Crippen molar-refractivity contribution in [2.24, 2.45) is 13.0 Å². The monoisotopic (exact) mass is 1070 g/mol. The lowest BCUT2D eigenvalue weighted by molar-refractivity contribution is -0.134. The molecule has 3 amide bonds. The van der Waals surface area contributed by atoms with Crippen LogP contribution in [0.25, 0.3) is 32.2 Å². The van der Waals surface area contributed by atoms with Crippen molar-refractivity contribution in [1.29, 1.82) is 0 Å². The van der Waals surface area contributed by atoms with Crippen molar-refractivity contribution in [1.82, 2.24) is 30.0 Å². The van der Waals surface area contributed by atoms with Crippen LogP contribution in [-0.4, -0.2) is 112 Å². The topological polar surface area (TPSA) is 173 Å². The molecule has 2 atom stereocenters. The van der Waals surface area contributed by atoms with Gasteiger partial charge in [0.05, 0.1) is 46.2 Å². The zero-order valence-corrected chi connectivity index (χ0v) is 46.3. The number of carbonyl (C=O) groups is 4. The van der Waals surface area contributed by atoms with Crippen molar-refractivity contribution >= 4 is 72.8 Å². The van der Waals surface area contributed by atoms with Crippen molar-refractivity contribution in [3.8, 4) is 16.9 Å². The summed E-state index contributed by atoms with van der Waals surface area (Å²) in [4.78, 5) is 69.1. The molecule has 2 N–H and O–H groups in total. The number of hydrogen-bond acceptors (Lipinski definition) is 14. The molecular weight excluding hydrogens is 1000 g/mol. The smallest absolute Gasteiger partial charge is 0.358 e. The van der Waals surface area contributed by atoms with Crippen LogP contribution in [0.4, 0.5) is 16.6 Å². The molecule has 3 fully saturated rings. The molecule has 0 bridgehead atoms. The number of piperidine rings is 1. The van der Waals surface area contributed by atoms with Crippen LogP contribution in [0, 0.1) is 12.8 Å². The highest BCUT2D eigenvalue weighted by Gasteiger charge is 2.33. The Morgan fingerprint density at radius 1 is 0.833 bits per heavy atom. The van der Waals surface area contributed by atoms with Crippen LogP contribution < -0.4 is 25.2 Å². The van der Waals surface area contributed by atoms with Crippen LogP contribution in [0.2, 0.25) is 0 Å². The van der Waals surface area contributed by atoms with E-state index < -0.39 is 17.5 Å². The van der Waals surface area contributed by atoms with Crippen LogP contribution in [-0.2, 0) is 39.1 Å². The third-order valence-electron chi connectivity index (χ3n) is 15.7. The van der Waals surface area contributed by atoms with Crippen LogP contribution >= 0.6 is 11.3 Å². The summed E-state index contributed by atoms with van der Waals surface area (Å²) in [7, 11) is 1.91. The third-order valence-corrected chi connectivity index (χ3v) is 16.6. The number of fused-ring (bicyclic) bond motifs is 3. The minimum Gasteiger partial charge on any atom is -0.490 e. The van der Waals surface area contributed by atoms with Crippen LogP contribution in [0.15, 0.2) is 91.0 Å². The highest BCUT2D eigenvalue weighted by atomic mass is 32.1. The maximum absolute atomic E-state index is 14.1. The molecule has 1 aliphatic carbocycles. The molecule has 16 nitrogen and oxygen atoms in total. The zero-order valence-electron chi connectivity index (χ0n) is 45.5. The lowest BCUT2D eigenvalue weighted by Gasteiger charge is -2.37. The second-order valence-electron chi connectivity index (χ2n) is 22.5. The fourth-order valence-corrected chi connectivity index (χ4v) is 12.5. The zero-order chi connectivity index (χ0) is 54.2. The molecule has 1 unspecified atom stereocenters. The van der Waals surface area contributed by atoms with E-state index in [1.165, 1.54) is 11.3 Å². The number of thiazole rings is 1. The van der Waals surface area contributed by atoms with Crippen LogP contribution in [0.3, 0.4) is 0 Å². The Bertz CT molecular complexity index is 3370. The van der Waals surface area contributed by atoms with E-state index in [-0.39, 0.29) is 35.6 Å². The van der Waals surface area contributed by atoms with Gasteiger partial charge in [-0.15, -0.1) is 0 Å². The first-order chi connectivity index (χ1) is 37.6. The minimum absolute atomic E-state index is 0.0412. The minimum atomic E-state index is -0.742. The molecular formula is C61H69N9O7S. The summed E-state index contributed by atoms with van der Waals surface area (Å²) in [6, 6.07) is 30.0. The highest BCUT2D eigenvalue weighted by molar-refractivity contribution is 7.22. The molecule has 78 heavy (non-hydrogen) atoms. The van der Waals surface area contributed by atoms with Crippen molar-refractivity contribution in [2.45, 2.75) is 110 Å². The Kier molecular flexibility index (Phi) is 15.1. The average Bonchev–Trinajstić information content (AvgIpc) is 4.11. The maximum atomic E-state index is 14.1. The fourth-order valence-electron chi connectivity index (χ4n) is 11.6. The summed E-state index contributed by atoms with van der Waals surface area (Å²) < 4.78 is 22.2. The van der Waals surface area contributed by atoms with E-state index in [4.69, 9.17) is 24.3 Å². The van der Waals surface area contributed by atoms with E-state index in [0.29, 0.717) is 67.0 Å². The summed E-state index contributed by atoms with van der Waals surface area (Å²) in [6.07, 6.45) is 5.37. The first-order valence-corrected chi connectivity index (χ1v) is 28.4. The normalized spacial score (nSPS) is 19.6. The molecule has 4 aromatic carbocycles. The standard InChI is InChI=1S/C61H69N9O7S/c1-37(34-68-29-31-69(32-30-68)40-17-22-46-50(33-40)67(6)66-55(46)47-24-26-54(71)64-58(47)73)36-75-41-18-20-42(21-19-41)76-51-15-10-12-43(38(51)2)44-23-25-53(63-56(44)59(74)77-61(3,4)5)70-28-27-39-11-9-13-45(48(39)35-70)57(72)65-60-62-49-14-7-8-16-52(49)78-60/h7-17,22-23,25,33,37,41-42,47H,18-21,24,26-32,34-36H2,1-6H3,(H,62,65,72)(H,64,71,73)/t37-,41?,42?,47?/m1/s1. The second kappa shape index (κ2) is 22.3. The predicted molar refractivity (Wildman–Crippen MR) is 305 cm³/mol. The van der Waals surface area contributed by atoms with Crippen molar-refractivity contribution < 1.29 is 33.4 Å². The number of rotatable bonds is 14. The highest BCUT2D eigenvalue weighted by Crippen LogP contribution is 2.38. The summed E-state index contributed by atoms with van der Waals surface area (Å²) >= 11 is 1.45. The maximum Gasteiger partial charge on any atom is 0.358 e. The largest absolute Gasteiger partial charge is 0.490 e. The molecule has 3 aromatic heterocycles. The molecule has 6 heterocycles. The van der Waals surface area contributed by atoms with E-state index in [9.17, 15) is 19.2 Å². The van der Waals surface area contributed by atoms with Gasteiger partial charge in [0.25, 0.3) is 5.91 Å². The second-order valence-corrected chi connectivity index (χ2v) is 23.5. The Morgan fingerprint density at radius 3 is 2.40 bits per heavy atom. The van der Waals surface area contributed by atoms with Crippen molar-refractivity contribution in [3.63, 3.8) is 0 Å².